The van der Waals surface area contributed by atoms with Crippen LogP contribution in [-0.4, -0.2) is 82.0 Å². The summed E-state index contributed by atoms with van der Waals surface area (Å²) in [7, 11) is 0. The van der Waals surface area contributed by atoms with E-state index in [-0.39, 0.29) is 47.5 Å². The number of rotatable bonds is 4. The van der Waals surface area contributed by atoms with E-state index >= 15 is 4.39 Å². The number of pyridine rings is 1. The Hall–Kier alpha value is -3.59. The van der Waals surface area contributed by atoms with Gasteiger partial charge in [0.05, 0.1) is 22.8 Å². The molecule has 4 saturated heterocycles. The summed E-state index contributed by atoms with van der Waals surface area (Å²) in [4.78, 5) is 17.6. The number of alkyl halides is 4. The number of nitrogen functional groups attached to an aromatic ring is 1. The summed E-state index contributed by atoms with van der Waals surface area (Å²) in [6.07, 6.45) is -2.89. The Morgan fingerprint density at radius 3 is 2.74 bits per heavy atom. The fourth-order valence-corrected chi connectivity index (χ4v) is 8.55. The molecule has 5 aliphatic heterocycles. The Morgan fingerprint density at radius 2 is 1.96 bits per heavy atom. The maximum atomic E-state index is 16.8. The first kappa shape index (κ1) is 29.8. The predicted molar refractivity (Wildman–Crippen MR) is 157 cm³/mol. The normalized spacial score (nSPS) is 30.3. The van der Waals surface area contributed by atoms with E-state index in [1.165, 1.54) is 0 Å². The van der Waals surface area contributed by atoms with Crippen LogP contribution in [0.5, 0.6) is 11.9 Å². The summed E-state index contributed by atoms with van der Waals surface area (Å²) in [6, 6.07) is 0.460. The van der Waals surface area contributed by atoms with Crippen LogP contribution >= 0.6 is 0 Å². The minimum Gasteiger partial charge on any atom is -0.472 e. The summed E-state index contributed by atoms with van der Waals surface area (Å²) >= 11 is 0. The smallest absolute Gasteiger partial charge is 0.417 e. The standard InChI is InChI=1S/C31H33F6N7O2/c1-13-21(31(35,36)37)17(8-18(38)22(13)33)24-23(34)25-20-27(42-29(41-25)45-12-30-6-3-7-43(30)10-15(32)9-30)44-11-16-4-5-19(39-16)26(44)14(2)46-28(20)40-24/h8,14-16,19,26,39H,3-7,9-12,38H2,1-2H3/t14-,15+,16+,19-,26+,30-/m0/s1. The van der Waals surface area contributed by atoms with E-state index in [9.17, 15) is 22.0 Å². The number of ether oxygens (including phenoxy) is 2. The Balaban J connectivity index is 1.33. The van der Waals surface area contributed by atoms with Crippen LogP contribution in [0.1, 0.15) is 50.2 Å². The van der Waals surface area contributed by atoms with Crippen molar-refractivity contribution in [2.45, 2.75) is 88.1 Å². The van der Waals surface area contributed by atoms with Gasteiger partial charge in [-0.3, -0.25) is 4.90 Å². The van der Waals surface area contributed by atoms with Crippen molar-refractivity contribution < 1.29 is 35.8 Å². The number of hydrogen-bond donors (Lipinski definition) is 2. The molecule has 7 heterocycles. The van der Waals surface area contributed by atoms with E-state index in [4.69, 9.17) is 20.2 Å². The summed E-state index contributed by atoms with van der Waals surface area (Å²) in [6.45, 7) is 4.41. The summed E-state index contributed by atoms with van der Waals surface area (Å²) in [5.74, 6) is -2.26. The third kappa shape index (κ3) is 4.40. The van der Waals surface area contributed by atoms with Gasteiger partial charge >= 0.3 is 12.2 Å². The van der Waals surface area contributed by atoms with Crippen LogP contribution in [0.2, 0.25) is 0 Å². The molecule has 5 aliphatic rings. The molecule has 0 radical (unpaired) electrons. The zero-order valence-electron chi connectivity index (χ0n) is 25.2. The number of halogens is 6. The van der Waals surface area contributed by atoms with Gasteiger partial charge in [-0.05, 0) is 57.7 Å². The summed E-state index contributed by atoms with van der Waals surface area (Å²) in [5.41, 5.74) is 0.644. The zero-order chi connectivity index (χ0) is 32.3. The molecule has 246 valence electrons. The monoisotopic (exact) mass is 649 g/mol. The minimum atomic E-state index is -5.06. The molecule has 0 unspecified atom stereocenters. The van der Waals surface area contributed by atoms with Crippen molar-refractivity contribution in [3.05, 3.63) is 28.8 Å². The summed E-state index contributed by atoms with van der Waals surface area (Å²) in [5, 5.41) is 3.70. The third-order valence-electron chi connectivity index (χ3n) is 10.5. The molecule has 15 heteroatoms. The molecule has 0 spiro atoms. The fourth-order valence-electron chi connectivity index (χ4n) is 8.55. The Kier molecular flexibility index (Phi) is 6.61. The highest BCUT2D eigenvalue weighted by Gasteiger charge is 2.50. The average Bonchev–Trinajstić information content (AvgIpc) is 3.63. The largest absolute Gasteiger partial charge is 0.472 e. The highest BCUT2D eigenvalue weighted by atomic mass is 19.4. The number of nitrogens with zero attached hydrogens (tertiary/aromatic N) is 5. The van der Waals surface area contributed by atoms with Gasteiger partial charge in [0.1, 0.15) is 47.1 Å². The van der Waals surface area contributed by atoms with Gasteiger partial charge in [-0.25, -0.2) is 18.2 Å². The van der Waals surface area contributed by atoms with Gasteiger partial charge in [0, 0.05) is 37.2 Å². The molecule has 9 nitrogen and oxygen atoms in total. The molecule has 2 aromatic heterocycles. The Morgan fingerprint density at radius 1 is 1.15 bits per heavy atom. The molecule has 46 heavy (non-hydrogen) atoms. The SMILES string of the molecule is Cc1c(F)c(N)cc(-c2nc3c4c(nc(OC[C@@]56CCCN5C[C@H](F)C6)nc4c2F)N2C[C@H]4CC[C@H](N4)[C@H]2[C@H](C)O3)c1C(F)(F)F. The third-order valence-corrected chi connectivity index (χ3v) is 10.5. The number of benzene rings is 1. The molecule has 4 fully saturated rings. The second-order valence-electron chi connectivity index (χ2n) is 13.3. The lowest BCUT2D eigenvalue weighted by atomic mass is 9.95. The predicted octanol–water partition coefficient (Wildman–Crippen LogP) is 4.92. The van der Waals surface area contributed by atoms with Crippen LogP contribution in [0, 0.1) is 18.6 Å². The van der Waals surface area contributed by atoms with Crippen molar-refractivity contribution in [1.82, 2.24) is 25.2 Å². The van der Waals surface area contributed by atoms with Gasteiger partial charge in [0.15, 0.2) is 5.82 Å². The Bertz CT molecular complexity index is 1760. The quantitative estimate of drug-likeness (QED) is 0.301. The Labute approximate surface area is 260 Å². The number of nitrogens with one attached hydrogen (secondary N) is 1. The molecule has 3 aromatic rings. The second-order valence-corrected chi connectivity index (χ2v) is 13.3. The lowest BCUT2D eigenvalue weighted by molar-refractivity contribution is -0.137. The number of fused-ring (bicyclic) bond motifs is 6. The van der Waals surface area contributed by atoms with Crippen LogP contribution in [-0.2, 0) is 6.18 Å². The van der Waals surface area contributed by atoms with E-state index in [1.54, 1.807) is 0 Å². The molecule has 0 saturated carbocycles. The van der Waals surface area contributed by atoms with Crippen LogP contribution in [0.15, 0.2) is 6.07 Å². The lowest BCUT2D eigenvalue weighted by Crippen LogP contribution is -2.62. The molecule has 0 amide bonds. The van der Waals surface area contributed by atoms with Crippen molar-refractivity contribution in [3.8, 4) is 23.1 Å². The van der Waals surface area contributed by atoms with Gasteiger partial charge in [-0.15, -0.1) is 0 Å². The number of aromatic nitrogens is 3. The topological polar surface area (TPSA) is 102 Å². The van der Waals surface area contributed by atoms with E-state index in [1.807, 2.05) is 11.8 Å². The second kappa shape index (κ2) is 10.2. The van der Waals surface area contributed by atoms with Gasteiger partial charge in [0.2, 0.25) is 5.88 Å². The highest BCUT2D eigenvalue weighted by Crippen LogP contribution is 2.48. The van der Waals surface area contributed by atoms with Crippen molar-refractivity contribution >= 4 is 22.4 Å². The van der Waals surface area contributed by atoms with Crippen LogP contribution < -0.4 is 25.4 Å². The van der Waals surface area contributed by atoms with E-state index < -0.39 is 63.7 Å². The van der Waals surface area contributed by atoms with Crippen LogP contribution in [0.25, 0.3) is 22.2 Å². The molecule has 8 rings (SSSR count). The van der Waals surface area contributed by atoms with Gasteiger partial charge in [0.25, 0.3) is 0 Å². The highest BCUT2D eigenvalue weighted by molar-refractivity contribution is 5.97. The average molecular weight is 650 g/mol. The molecular weight excluding hydrogens is 616 g/mol. The van der Waals surface area contributed by atoms with Crippen LogP contribution in [0.4, 0.5) is 37.8 Å². The maximum Gasteiger partial charge on any atom is 0.417 e. The fraction of sp³-hybridized carbons (Fsp3) is 0.581. The number of piperazine rings is 1. The van der Waals surface area contributed by atoms with E-state index in [0.717, 1.165) is 45.2 Å². The van der Waals surface area contributed by atoms with Crippen molar-refractivity contribution in [2.24, 2.45) is 0 Å². The van der Waals surface area contributed by atoms with Gasteiger partial charge < -0.3 is 25.4 Å². The molecule has 0 aliphatic carbocycles. The van der Waals surface area contributed by atoms with Crippen LogP contribution in [0.3, 0.4) is 0 Å². The van der Waals surface area contributed by atoms with E-state index in [2.05, 4.69) is 20.2 Å². The van der Waals surface area contributed by atoms with Crippen molar-refractivity contribution in [3.63, 3.8) is 0 Å². The maximum absolute atomic E-state index is 16.8. The number of nitrogens with two attached hydrogens (primary N) is 1. The van der Waals surface area contributed by atoms with Crippen molar-refractivity contribution in [2.75, 3.05) is 36.9 Å². The first-order chi connectivity index (χ1) is 21.8. The van der Waals surface area contributed by atoms with Gasteiger partial charge in [-0.2, -0.15) is 23.1 Å². The first-order valence-corrected chi connectivity index (χ1v) is 15.6. The molecule has 3 N–H and O–H groups in total. The molecule has 2 bridgehead atoms. The van der Waals surface area contributed by atoms with Crippen molar-refractivity contribution in [1.29, 1.82) is 0 Å². The molecule has 6 atom stereocenters. The lowest BCUT2D eigenvalue weighted by Gasteiger charge is -2.42. The molecular formula is C31H33F6N7O2. The summed E-state index contributed by atoms with van der Waals surface area (Å²) < 4.78 is 102. The number of anilines is 2. The minimum absolute atomic E-state index is 0.0176. The first-order valence-electron chi connectivity index (χ1n) is 15.6. The molecule has 1 aromatic carbocycles. The van der Waals surface area contributed by atoms with E-state index in [0.29, 0.717) is 25.3 Å². The number of hydrogen-bond acceptors (Lipinski definition) is 9. The van der Waals surface area contributed by atoms with Gasteiger partial charge in [-0.1, -0.05) is 0 Å². The zero-order valence-corrected chi connectivity index (χ0v) is 25.2.